The van der Waals surface area contributed by atoms with Gasteiger partial charge in [-0.15, -0.1) is 0 Å². The quantitative estimate of drug-likeness (QED) is 0.771. The summed E-state index contributed by atoms with van der Waals surface area (Å²) in [5, 5.41) is 0. The van der Waals surface area contributed by atoms with E-state index in [2.05, 4.69) is 18.8 Å². The van der Waals surface area contributed by atoms with Crippen LogP contribution in [0.5, 0.6) is 0 Å². The summed E-state index contributed by atoms with van der Waals surface area (Å²) < 4.78 is 3.90. The van der Waals surface area contributed by atoms with Crippen LogP contribution in [0.3, 0.4) is 0 Å². The summed E-state index contributed by atoms with van der Waals surface area (Å²) in [5.74, 6) is 0.931. The molecule has 24 heavy (non-hydrogen) atoms. The number of piperidine rings is 1. The molecule has 130 valence electrons. The lowest BCUT2D eigenvalue weighted by molar-refractivity contribution is -0.134. The maximum atomic E-state index is 12.6. The molecule has 2 unspecified atom stereocenters. The first-order chi connectivity index (χ1) is 11.3. The van der Waals surface area contributed by atoms with Gasteiger partial charge in [0.15, 0.2) is 11.2 Å². The van der Waals surface area contributed by atoms with Gasteiger partial charge in [0.1, 0.15) is 6.54 Å². The first kappa shape index (κ1) is 16.5. The molecule has 8 nitrogen and oxygen atoms in total. The van der Waals surface area contributed by atoms with Gasteiger partial charge in [0.05, 0.1) is 6.33 Å². The fourth-order valence-electron chi connectivity index (χ4n) is 3.63. The van der Waals surface area contributed by atoms with Gasteiger partial charge < -0.3 is 9.47 Å². The average molecular weight is 333 g/mol. The molecule has 0 spiro atoms. The van der Waals surface area contributed by atoms with Gasteiger partial charge in [-0.25, -0.2) is 9.78 Å². The van der Waals surface area contributed by atoms with E-state index in [1.807, 2.05) is 4.90 Å². The van der Waals surface area contributed by atoms with Crippen molar-refractivity contribution in [2.75, 3.05) is 13.1 Å². The van der Waals surface area contributed by atoms with Gasteiger partial charge in [0.2, 0.25) is 5.91 Å². The van der Waals surface area contributed by atoms with Crippen LogP contribution in [0, 0.1) is 11.8 Å². The normalized spacial score (nSPS) is 21.4. The van der Waals surface area contributed by atoms with Gasteiger partial charge in [0.25, 0.3) is 5.56 Å². The van der Waals surface area contributed by atoms with Crippen LogP contribution in [0.25, 0.3) is 11.2 Å². The highest BCUT2D eigenvalue weighted by molar-refractivity contribution is 5.79. The van der Waals surface area contributed by atoms with E-state index in [1.54, 1.807) is 11.6 Å². The highest BCUT2D eigenvalue weighted by atomic mass is 16.2. The summed E-state index contributed by atoms with van der Waals surface area (Å²) >= 11 is 0. The molecule has 2 aromatic heterocycles. The maximum Gasteiger partial charge on any atom is 0.332 e. The second-order valence-corrected chi connectivity index (χ2v) is 7.00. The molecule has 0 bridgehead atoms. The van der Waals surface area contributed by atoms with Crippen LogP contribution in [0.2, 0.25) is 0 Å². The standard InChI is InChI=1S/C16H23N5O3/c1-10-5-11(2)7-20(6-10)12(22)8-21-9-17-14-13(21)15(23)19(4)16(24)18(14)3/h9-11H,5-8H2,1-4H3. The van der Waals surface area contributed by atoms with Gasteiger partial charge in [-0.3, -0.25) is 18.7 Å². The second kappa shape index (κ2) is 5.92. The summed E-state index contributed by atoms with van der Waals surface area (Å²) in [5.41, 5.74) is -0.274. The Balaban J connectivity index is 1.95. The van der Waals surface area contributed by atoms with Gasteiger partial charge in [-0.05, 0) is 18.3 Å². The molecule has 0 N–H and O–H groups in total. The highest BCUT2D eigenvalue weighted by Gasteiger charge is 2.26. The zero-order valence-electron chi connectivity index (χ0n) is 14.5. The zero-order valence-corrected chi connectivity index (χ0v) is 14.5. The monoisotopic (exact) mass is 333 g/mol. The Labute approximate surface area is 139 Å². The molecule has 2 atom stereocenters. The Morgan fingerprint density at radius 2 is 1.79 bits per heavy atom. The summed E-state index contributed by atoms with van der Waals surface area (Å²) in [6.45, 7) is 5.84. The van der Waals surface area contributed by atoms with E-state index in [1.165, 1.54) is 17.9 Å². The SMILES string of the molecule is CC1CC(C)CN(C(=O)Cn2cnc3c2c(=O)n(C)c(=O)n3C)C1. The Morgan fingerprint density at radius 3 is 2.42 bits per heavy atom. The number of carbonyl (C=O) groups excluding carboxylic acids is 1. The van der Waals surface area contributed by atoms with Crippen molar-refractivity contribution >= 4 is 17.1 Å². The van der Waals surface area contributed by atoms with Crippen LogP contribution < -0.4 is 11.2 Å². The summed E-state index contributed by atoms with van der Waals surface area (Å²) in [7, 11) is 2.99. The average Bonchev–Trinajstić information content (AvgIpc) is 2.93. The van der Waals surface area contributed by atoms with Crippen LogP contribution in [-0.2, 0) is 25.4 Å². The molecule has 1 aliphatic rings. The van der Waals surface area contributed by atoms with Gasteiger partial charge >= 0.3 is 5.69 Å². The van der Waals surface area contributed by atoms with Crippen molar-refractivity contribution in [1.29, 1.82) is 0 Å². The predicted molar refractivity (Wildman–Crippen MR) is 89.7 cm³/mol. The molecule has 1 aliphatic heterocycles. The molecule has 1 amide bonds. The van der Waals surface area contributed by atoms with Gasteiger partial charge in [-0.2, -0.15) is 0 Å². The van der Waals surface area contributed by atoms with Gasteiger partial charge in [0, 0.05) is 27.2 Å². The molecular weight excluding hydrogens is 310 g/mol. The predicted octanol–water partition coefficient (Wildman–Crippen LogP) is -0.0618. The lowest BCUT2D eigenvalue weighted by atomic mass is 9.92. The Hall–Kier alpha value is -2.38. The van der Waals surface area contributed by atoms with Crippen LogP contribution >= 0.6 is 0 Å². The molecule has 0 aromatic carbocycles. The van der Waals surface area contributed by atoms with Crippen LogP contribution in [-0.4, -0.2) is 42.6 Å². The van der Waals surface area contributed by atoms with Crippen molar-refractivity contribution in [3.63, 3.8) is 0 Å². The Morgan fingerprint density at radius 1 is 1.17 bits per heavy atom. The Bertz CT molecular complexity index is 897. The number of nitrogens with zero attached hydrogens (tertiary/aromatic N) is 5. The smallest absolute Gasteiger partial charge is 0.332 e. The third-order valence-electron chi connectivity index (χ3n) is 4.74. The van der Waals surface area contributed by atoms with Gasteiger partial charge in [-0.1, -0.05) is 13.8 Å². The van der Waals surface area contributed by atoms with E-state index >= 15 is 0 Å². The fourth-order valence-corrected chi connectivity index (χ4v) is 3.63. The molecule has 0 saturated carbocycles. The first-order valence-electron chi connectivity index (χ1n) is 8.18. The molecule has 0 aliphatic carbocycles. The largest absolute Gasteiger partial charge is 0.341 e. The van der Waals surface area contributed by atoms with Crippen molar-refractivity contribution in [2.45, 2.75) is 26.8 Å². The second-order valence-electron chi connectivity index (χ2n) is 7.00. The van der Waals surface area contributed by atoms with Crippen molar-refractivity contribution in [3.8, 4) is 0 Å². The summed E-state index contributed by atoms with van der Waals surface area (Å²) in [6.07, 6.45) is 2.58. The van der Waals surface area contributed by atoms with E-state index in [4.69, 9.17) is 0 Å². The lowest BCUT2D eigenvalue weighted by Crippen LogP contribution is -2.44. The van der Waals surface area contributed by atoms with Crippen LogP contribution in [0.15, 0.2) is 15.9 Å². The number of rotatable bonds is 2. The lowest BCUT2D eigenvalue weighted by Gasteiger charge is -2.35. The van der Waals surface area contributed by atoms with E-state index < -0.39 is 11.2 Å². The molecule has 1 fully saturated rings. The Kier molecular flexibility index (Phi) is 4.06. The number of hydrogen-bond donors (Lipinski definition) is 0. The minimum atomic E-state index is -0.432. The first-order valence-corrected chi connectivity index (χ1v) is 8.18. The minimum absolute atomic E-state index is 0.0244. The third-order valence-corrected chi connectivity index (χ3v) is 4.74. The molecule has 3 heterocycles. The number of carbonyl (C=O) groups is 1. The van der Waals surface area contributed by atoms with Crippen molar-refractivity contribution < 1.29 is 4.79 Å². The van der Waals surface area contributed by atoms with E-state index in [-0.39, 0.29) is 18.0 Å². The highest BCUT2D eigenvalue weighted by Crippen LogP contribution is 2.21. The topological polar surface area (TPSA) is 82.1 Å². The van der Waals surface area contributed by atoms with E-state index in [0.29, 0.717) is 17.5 Å². The van der Waals surface area contributed by atoms with Crippen LogP contribution in [0.1, 0.15) is 20.3 Å². The number of imidazole rings is 1. The summed E-state index contributed by atoms with van der Waals surface area (Å²) in [4.78, 5) is 43.0. The van der Waals surface area contributed by atoms with Crippen molar-refractivity contribution in [1.82, 2.24) is 23.6 Å². The third kappa shape index (κ3) is 2.65. The molecule has 8 heteroatoms. The number of amides is 1. The molecule has 1 saturated heterocycles. The zero-order chi connectivity index (χ0) is 17.6. The summed E-state index contributed by atoms with van der Waals surface area (Å²) in [6, 6.07) is 0. The minimum Gasteiger partial charge on any atom is -0.341 e. The maximum absolute atomic E-state index is 12.6. The number of likely N-dealkylation sites (tertiary alicyclic amines) is 1. The van der Waals surface area contributed by atoms with E-state index in [9.17, 15) is 14.4 Å². The van der Waals surface area contributed by atoms with Crippen LogP contribution in [0.4, 0.5) is 0 Å². The molecule has 3 rings (SSSR count). The molecule has 2 aromatic rings. The number of hydrogen-bond acceptors (Lipinski definition) is 4. The van der Waals surface area contributed by atoms with Crippen molar-refractivity contribution in [3.05, 3.63) is 27.2 Å². The number of aromatic nitrogens is 4. The number of fused-ring (bicyclic) bond motifs is 1. The molecule has 0 radical (unpaired) electrons. The molecular formula is C16H23N5O3. The van der Waals surface area contributed by atoms with E-state index in [0.717, 1.165) is 24.1 Å². The number of aryl methyl sites for hydroxylation is 1. The fraction of sp³-hybridized carbons (Fsp3) is 0.625. The van der Waals surface area contributed by atoms with Crippen molar-refractivity contribution in [2.24, 2.45) is 25.9 Å².